The van der Waals surface area contributed by atoms with Crippen molar-refractivity contribution >= 4 is 18.3 Å². The second-order valence-electron chi connectivity index (χ2n) is 6.15. The summed E-state index contributed by atoms with van der Waals surface area (Å²) in [5, 5.41) is 0. The van der Waals surface area contributed by atoms with Crippen LogP contribution in [0.4, 0.5) is 0 Å². The smallest absolute Gasteiger partial charge is 0.230 e. The molecule has 0 aromatic carbocycles. The van der Waals surface area contributed by atoms with Gasteiger partial charge < -0.3 is 10.6 Å². The minimum atomic E-state index is -0.318. The average Bonchev–Trinajstić information content (AvgIpc) is 2.32. The number of hydrogen-bond donors (Lipinski definition) is 1. The summed E-state index contributed by atoms with van der Waals surface area (Å²) in [6.45, 7) is 11.0. The van der Waals surface area contributed by atoms with Crippen molar-refractivity contribution in [3.8, 4) is 0 Å². The summed E-state index contributed by atoms with van der Waals surface area (Å²) in [5.41, 5.74) is 5.91. The molecule has 1 heterocycles. The Hall–Kier alpha value is -0.280. The van der Waals surface area contributed by atoms with Crippen molar-refractivity contribution < 1.29 is 4.79 Å². The first-order valence-corrected chi connectivity index (χ1v) is 6.90. The number of rotatable bonds is 4. The van der Waals surface area contributed by atoms with Gasteiger partial charge in [0.2, 0.25) is 5.91 Å². The number of hydrogen-bond acceptors (Lipinski definition) is 2. The molecule has 1 amide bonds. The quantitative estimate of drug-likeness (QED) is 0.858. The molecule has 0 bridgehead atoms. The van der Waals surface area contributed by atoms with Gasteiger partial charge in [0.1, 0.15) is 0 Å². The molecule has 3 nitrogen and oxygen atoms in total. The Kier molecular flexibility index (Phi) is 6.66. The van der Waals surface area contributed by atoms with E-state index in [2.05, 4.69) is 27.7 Å². The van der Waals surface area contributed by atoms with Crippen LogP contribution in [0.15, 0.2) is 0 Å². The Morgan fingerprint density at radius 2 is 1.67 bits per heavy atom. The van der Waals surface area contributed by atoms with Crippen molar-refractivity contribution in [2.75, 3.05) is 19.6 Å². The molecule has 0 saturated carbocycles. The lowest BCUT2D eigenvalue weighted by molar-refractivity contribution is -0.144. The minimum Gasteiger partial charge on any atom is -0.342 e. The molecule has 2 N–H and O–H groups in total. The molecule has 1 rings (SSSR count). The van der Waals surface area contributed by atoms with E-state index in [1.54, 1.807) is 0 Å². The molecule has 0 spiro atoms. The van der Waals surface area contributed by atoms with Gasteiger partial charge in [-0.15, -0.1) is 12.4 Å². The fourth-order valence-electron chi connectivity index (χ4n) is 2.58. The van der Waals surface area contributed by atoms with Crippen LogP contribution in [-0.4, -0.2) is 30.4 Å². The van der Waals surface area contributed by atoms with Crippen molar-refractivity contribution in [3.05, 3.63) is 0 Å². The highest BCUT2D eigenvalue weighted by molar-refractivity contribution is 5.85. The van der Waals surface area contributed by atoms with E-state index in [4.69, 9.17) is 5.73 Å². The van der Waals surface area contributed by atoms with Crippen LogP contribution in [0.3, 0.4) is 0 Å². The SMILES string of the molecule is CCC(CC)(CN)C(=O)N1CCC(C)(C)CC1.Cl. The molecule has 1 fully saturated rings. The van der Waals surface area contributed by atoms with Crippen LogP contribution in [-0.2, 0) is 4.79 Å². The number of likely N-dealkylation sites (tertiary alicyclic amines) is 1. The zero-order chi connectivity index (χ0) is 13.1. The number of halogens is 1. The molecule has 0 aromatic rings. The van der Waals surface area contributed by atoms with Crippen molar-refractivity contribution in [1.29, 1.82) is 0 Å². The third kappa shape index (κ3) is 3.61. The summed E-state index contributed by atoms with van der Waals surface area (Å²) in [4.78, 5) is 14.6. The van der Waals surface area contributed by atoms with Crippen LogP contribution in [0.5, 0.6) is 0 Å². The lowest BCUT2D eigenvalue weighted by Crippen LogP contribution is -2.51. The van der Waals surface area contributed by atoms with E-state index in [9.17, 15) is 4.79 Å². The maximum absolute atomic E-state index is 12.6. The Balaban J connectivity index is 0.00000289. The van der Waals surface area contributed by atoms with Crippen LogP contribution in [0.1, 0.15) is 53.4 Å². The fourth-order valence-corrected chi connectivity index (χ4v) is 2.58. The highest BCUT2D eigenvalue weighted by Crippen LogP contribution is 2.34. The lowest BCUT2D eigenvalue weighted by atomic mass is 9.78. The van der Waals surface area contributed by atoms with Gasteiger partial charge in [-0.3, -0.25) is 4.79 Å². The first kappa shape index (κ1) is 17.7. The summed E-state index contributed by atoms with van der Waals surface area (Å²) in [7, 11) is 0. The lowest BCUT2D eigenvalue weighted by Gasteiger charge is -2.41. The van der Waals surface area contributed by atoms with Crippen LogP contribution in [0.2, 0.25) is 0 Å². The van der Waals surface area contributed by atoms with Crippen LogP contribution in [0, 0.1) is 10.8 Å². The fraction of sp³-hybridized carbons (Fsp3) is 0.929. The Labute approximate surface area is 118 Å². The molecule has 1 saturated heterocycles. The summed E-state index contributed by atoms with van der Waals surface area (Å²) in [6, 6.07) is 0. The van der Waals surface area contributed by atoms with E-state index >= 15 is 0 Å². The molecule has 0 aliphatic carbocycles. The van der Waals surface area contributed by atoms with Crippen molar-refractivity contribution in [1.82, 2.24) is 4.90 Å². The number of amides is 1. The molecule has 1 aliphatic rings. The molecule has 0 unspecified atom stereocenters. The monoisotopic (exact) mass is 276 g/mol. The van der Waals surface area contributed by atoms with Crippen LogP contribution in [0.25, 0.3) is 0 Å². The van der Waals surface area contributed by atoms with Gasteiger partial charge in [-0.25, -0.2) is 0 Å². The van der Waals surface area contributed by atoms with Gasteiger partial charge in [0.05, 0.1) is 5.41 Å². The Bertz CT molecular complexity index is 257. The van der Waals surface area contributed by atoms with Gasteiger partial charge >= 0.3 is 0 Å². The van der Waals surface area contributed by atoms with E-state index < -0.39 is 0 Å². The van der Waals surface area contributed by atoms with Gasteiger partial charge in [0.15, 0.2) is 0 Å². The molecule has 0 radical (unpaired) electrons. The van der Waals surface area contributed by atoms with E-state index in [1.165, 1.54) is 0 Å². The number of carbonyl (C=O) groups excluding carboxylic acids is 1. The normalized spacial score (nSPS) is 19.3. The molecule has 4 heteroatoms. The van der Waals surface area contributed by atoms with Gasteiger partial charge in [0, 0.05) is 19.6 Å². The molecule has 0 aromatic heterocycles. The molecule has 18 heavy (non-hydrogen) atoms. The second-order valence-corrected chi connectivity index (χ2v) is 6.15. The van der Waals surface area contributed by atoms with E-state index in [0.29, 0.717) is 12.0 Å². The highest BCUT2D eigenvalue weighted by Gasteiger charge is 2.38. The average molecular weight is 277 g/mol. The van der Waals surface area contributed by atoms with Crippen LogP contribution < -0.4 is 5.73 Å². The van der Waals surface area contributed by atoms with Gasteiger partial charge in [-0.1, -0.05) is 27.7 Å². The van der Waals surface area contributed by atoms with Crippen LogP contribution >= 0.6 is 12.4 Å². The second kappa shape index (κ2) is 6.76. The first-order valence-electron chi connectivity index (χ1n) is 6.90. The topological polar surface area (TPSA) is 46.3 Å². The molecule has 108 valence electrons. The highest BCUT2D eigenvalue weighted by atomic mass is 35.5. The number of carbonyl (C=O) groups is 1. The van der Waals surface area contributed by atoms with Crippen molar-refractivity contribution in [3.63, 3.8) is 0 Å². The summed E-state index contributed by atoms with van der Waals surface area (Å²) < 4.78 is 0. The standard InChI is InChI=1S/C14H28N2O.ClH/c1-5-14(6-2,11-15)12(17)16-9-7-13(3,4)8-10-16;/h5-11,15H2,1-4H3;1H. The largest absolute Gasteiger partial charge is 0.342 e. The predicted octanol–water partition coefficient (Wildman–Crippen LogP) is 2.82. The molecular formula is C14H29ClN2O. The third-order valence-corrected chi connectivity index (χ3v) is 4.60. The maximum Gasteiger partial charge on any atom is 0.230 e. The van der Waals surface area contributed by atoms with Gasteiger partial charge in [-0.2, -0.15) is 0 Å². The summed E-state index contributed by atoms with van der Waals surface area (Å²) >= 11 is 0. The van der Waals surface area contributed by atoms with Gasteiger partial charge in [-0.05, 0) is 31.1 Å². The van der Waals surface area contributed by atoms with E-state index in [0.717, 1.165) is 38.8 Å². The van der Waals surface area contributed by atoms with E-state index in [1.807, 2.05) is 4.90 Å². The van der Waals surface area contributed by atoms with Gasteiger partial charge in [0.25, 0.3) is 0 Å². The van der Waals surface area contributed by atoms with Crippen molar-refractivity contribution in [2.24, 2.45) is 16.6 Å². The zero-order valence-electron chi connectivity index (χ0n) is 12.3. The van der Waals surface area contributed by atoms with E-state index in [-0.39, 0.29) is 23.7 Å². The summed E-state index contributed by atoms with van der Waals surface area (Å²) in [5.74, 6) is 0.278. The zero-order valence-corrected chi connectivity index (χ0v) is 13.1. The first-order chi connectivity index (χ1) is 7.90. The predicted molar refractivity (Wildman–Crippen MR) is 78.9 cm³/mol. The molecular weight excluding hydrogens is 248 g/mol. The Morgan fingerprint density at radius 1 is 1.22 bits per heavy atom. The molecule has 1 aliphatic heterocycles. The maximum atomic E-state index is 12.6. The third-order valence-electron chi connectivity index (χ3n) is 4.60. The van der Waals surface area contributed by atoms with Crippen molar-refractivity contribution in [2.45, 2.75) is 53.4 Å². The number of nitrogens with two attached hydrogens (primary N) is 1. The number of nitrogens with zero attached hydrogens (tertiary/aromatic N) is 1. The molecule has 0 atom stereocenters. The summed E-state index contributed by atoms with van der Waals surface area (Å²) in [6.07, 6.45) is 3.90. The minimum absolute atomic E-state index is 0. The Morgan fingerprint density at radius 3 is 2.00 bits per heavy atom. The number of piperidine rings is 1.